The van der Waals surface area contributed by atoms with Crippen LogP contribution in [0.1, 0.15) is 25.3 Å². The first-order valence-electron chi connectivity index (χ1n) is 8.76. The number of rotatable bonds is 8. The van der Waals surface area contributed by atoms with E-state index in [-0.39, 0.29) is 28.6 Å². The van der Waals surface area contributed by atoms with Crippen LogP contribution in [0.2, 0.25) is 0 Å². The van der Waals surface area contributed by atoms with Crippen LogP contribution in [0.5, 0.6) is 17.4 Å². The molecule has 1 aromatic carbocycles. The van der Waals surface area contributed by atoms with Crippen molar-refractivity contribution in [2.45, 2.75) is 33.1 Å². The summed E-state index contributed by atoms with van der Waals surface area (Å²) in [6.07, 6.45) is -1.55. The minimum absolute atomic E-state index is 0.0628. The van der Waals surface area contributed by atoms with Gasteiger partial charge in [0.2, 0.25) is 12.3 Å². The molecule has 2 aromatic rings. The number of benzene rings is 1. The van der Waals surface area contributed by atoms with E-state index in [1.807, 2.05) is 6.92 Å². The average Bonchev–Trinajstić information content (AvgIpc) is 2.65. The first kappa shape index (κ1) is 22.0. The molecule has 7 nitrogen and oxygen atoms in total. The molecule has 2 rings (SSSR count). The summed E-state index contributed by atoms with van der Waals surface area (Å²) in [5.74, 6) is -0.241. The van der Waals surface area contributed by atoms with E-state index in [9.17, 15) is 22.8 Å². The summed E-state index contributed by atoms with van der Waals surface area (Å²) in [5, 5.41) is 2.61. The van der Waals surface area contributed by atoms with Gasteiger partial charge in [-0.25, -0.2) is 14.7 Å². The van der Waals surface area contributed by atoms with Crippen LogP contribution < -0.4 is 19.7 Å². The summed E-state index contributed by atoms with van der Waals surface area (Å²) < 4.78 is 46.7. The second-order valence-corrected chi connectivity index (χ2v) is 5.99. The molecular formula is C19H20F3N3O4. The van der Waals surface area contributed by atoms with Gasteiger partial charge in [-0.2, -0.15) is 0 Å². The largest absolute Gasteiger partial charge is 0.573 e. The number of aryl methyl sites for hydroxylation is 1. The van der Waals surface area contributed by atoms with Crippen molar-refractivity contribution in [2.75, 3.05) is 11.4 Å². The number of carbonyl (C=O) groups is 2. The number of halogens is 3. The Morgan fingerprint density at radius 3 is 2.62 bits per heavy atom. The highest BCUT2D eigenvalue weighted by atomic mass is 19.4. The van der Waals surface area contributed by atoms with Crippen molar-refractivity contribution in [2.24, 2.45) is 0 Å². The minimum Gasteiger partial charge on any atom is -0.439 e. The second-order valence-electron chi connectivity index (χ2n) is 5.99. The van der Waals surface area contributed by atoms with Gasteiger partial charge < -0.3 is 14.8 Å². The predicted molar refractivity (Wildman–Crippen MR) is 99.0 cm³/mol. The number of unbranched alkanes of at least 4 members (excludes halogenated alkanes) is 1. The van der Waals surface area contributed by atoms with Gasteiger partial charge in [-0.15, -0.1) is 13.2 Å². The van der Waals surface area contributed by atoms with Gasteiger partial charge in [0.1, 0.15) is 11.5 Å². The van der Waals surface area contributed by atoms with Gasteiger partial charge in [-0.05, 0) is 31.0 Å². The van der Waals surface area contributed by atoms with Gasteiger partial charge in [0.25, 0.3) is 0 Å². The van der Waals surface area contributed by atoms with Crippen LogP contribution >= 0.6 is 0 Å². The van der Waals surface area contributed by atoms with Crippen molar-refractivity contribution in [3.05, 3.63) is 42.1 Å². The number of anilines is 1. The van der Waals surface area contributed by atoms with E-state index < -0.39 is 12.4 Å². The molecule has 0 bridgehead atoms. The SMILES string of the molecule is CCCCNC(=O)N(C=O)c1ccc(Oc2ccc(C)c(OC(F)(F)F)c2)nc1. The van der Waals surface area contributed by atoms with Crippen LogP contribution in [0.3, 0.4) is 0 Å². The van der Waals surface area contributed by atoms with Crippen LogP contribution in [0.25, 0.3) is 0 Å². The van der Waals surface area contributed by atoms with Crippen molar-refractivity contribution in [1.82, 2.24) is 10.3 Å². The molecule has 0 saturated heterocycles. The number of pyridine rings is 1. The predicted octanol–water partition coefficient (Wildman–Crippen LogP) is 4.55. The number of carbonyl (C=O) groups excluding carboxylic acids is 2. The highest BCUT2D eigenvalue weighted by Gasteiger charge is 2.32. The van der Waals surface area contributed by atoms with Crippen molar-refractivity contribution in [3.8, 4) is 17.4 Å². The molecule has 1 aromatic heterocycles. The molecule has 0 spiro atoms. The Morgan fingerprint density at radius 2 is 2.03 bits per heavy atom. The fourth-order valence-corrected chi connectivity index (χ4v) is 2.26. The van der Waals surface area contributed by atoms with E-state index in [0.717, 1.165) is 23.8 Å². The highest BCUT2D eigenvalue weighted by Crippen LogP contribution is 2.31. The lowest BCUT2D eigenvalue weighted by atomic mass is 10.2. The Labute approximate surface area is 165 Å². The van der Waals surface area contributed by atoms with Crippen LogP contribution in [-0.2, 0) is 4.79 Å². The molecule has 1 N–H and O–H groups in total. The number of hydrogen-bond donors (Lipinski definition) is 1. The lowest BCUT2D eigenvalue weighted by molar-refractivity contribution is -0.274. The molecule has 3 amide bonds. The highest BCUT2D eigenvalue weighted by molar-refractivity contribution is 6.05. The maximum atomic E-state index is 12.5. The number of alkyl halides is 3. The maximum Gasteiger partial charge on any atom is 0.573 e. The van der Waals surface area contributed by atoms with Gasteiger partial charge in [-0.3, -0.25) is 4.79 Å². The number of nitrogens with zero attached hydrogens (tertiary/aromatic N) is 2. The third kappa shape index (κ3) is 6.66. The third-order valence-corrected chi connectivity index (χ3v) is 3.74. The fourth-order valence-electron chi connectivity index (χ4n) is 2.26. The number of imide groups is 1. The first-order chi connectivity index (χ1) is 13.7. The molecule has 0 aliphatic carbocycles. The summed E-state index contributed by atoms with van der Waals surface area (Å²) in [6, 6.07) is 6.20. The quantitative estimate of drug-likeness (QED) is 0.509. The Bertz CT molecular complexity index is 842. The number of nitrogens with one attached hydrogen (secondary N) is 1. The zero-order valence-corrected chi connectivity index (χ0v) is 15.8. The molecule has 0 aliphatic rings. The van der Waals surface area contributed by atoms with Crippen LogP contribution in [0.15, 0.2) is 36.5 Å². The first-order valence-corrected chi connectivity index (χ1v) is 8.76. The van der Waals surface area contributed by atoms with Gasteiger partial charge in [0.15, 0.2) is 0 Å². The molecule has 10 heteroatoms. The smallest absolute Gasteiger partial charge is 0.439 e. The lowest BCUT2D eigenvalue weighted by Crippen LogP contribution is -2.39. The summed E-state index contributed by atoms with van der Waals surface area (Å²) in [6.45, 7) is 3.88. The third-order valence-electron chi connectivity index (χ3n) is 3.74. The summed E-state index contributed by atoms with van der Waals surface area (Å²) >= 11 is 0. The van der Waals surface area contributed by atoms with Crippen molar-refractivity contribution >= 4 is 18.1 Å². The normalized spacial score (nSPS) is 10.9. The van der Waals surface area contributed by atoms with Crippen LogP contribution in [-0.4, -0.2) is 30.3 Å². The van der Waals surface area contributed by atoms with Crippen molar-refractivity contribution in [1.29, 1.82) is 0 Å². The molecule has 29 heavy (non-hydrogen) atoms. The maximum absolute atomic E-state index is 12.5. The van der Waals surface area contributed by atoms with Gasteiger partial charge in [0, 0.05) is 18.7 Å². The number of ether oxygens (including phenoxy) is 2. The Kier molecular flexibility index (Phi) is 7.40. The molecule has 0 aliphatic heterocycles. The van der Waals surface area contributed by atoms with E-state index in [1.54, 1.807) is 0 Å². The molecule has 0 atom stereocenters. The number of urea groups is 1. The summed E-state index contributed by atoms with van der Waals surface area (Å²) in [7, 11) is 0. The molecule has 0 radical (unpaired) electrons. The monoisotopic (exact) mass is 411 g/mol. The summed E-state index contributed by atoms with van der Waals surface area (Å²) in [4.78, 5) is 28.1. The van der Waals surface area contributed by atoms with E-state index in [4.69, 9.17) is 4.74 Å². The molecule has 0 unspecified atom stereocenters. The van der Waals surface area contributed by atoms with Gasteiger partial charge in [0.05, 0.1) is 11.9 Å². The van der Waals surface area contributed by atoms with Crippen LogP contribution in [0, 0.1) is 6.92 Å². The van der Waals surface area contributed by atoms with E-state index in [1.165, 1.54) is 37.4 Å². The molecule has 1 heterocycles. The number of hydrogen-bond acceptors (Lipinski definition) is 5. The Morgan fingerprint density at radius 1 is 1.28 bits per heavy atom. The van der Waals surface area contributed by atoms with E-state index >= 15 is 0 Å². The zero-order chi connectivity index (χ0) is 21.4. The minimum atomic E-state index is -4.82. The molecule has 0 fully saturated rings. The molecule has 0 saturated carbocycles. The topological polar surface area (TPSA) is 80.8 Å². The Balaban J connectivity index is 2.09. The second kappa shape index (κ2) is 9.76. The zero-order valence-electron chi connectivity index (χ0n) is 15.8. The number of amides is 3. The Hall–Kier alpha value is -3.30. The fraction of sp³-hybridized carbons (Fsp3) is 0.316. The van der Waals surface area contributed by atoms with Crippen molar-refractivity contribution < 1.29 is 32.2 Å². The number of aromatic nitrogens is 1. The van der Waals surface area contributed by atoms with Gasteiger partial charge >= 0.3 is 12.4 Å². The average molecular weight is 411 g/mol. The van der Waals surface area contributed by atoms with Gasteiger partial charge in [-0.1, -0.05) is 19.4 Å². The van der Waals surface area contributed by atoms with Crippen LogP contribution in [0.4, 0.5) is 23.7 Å². The molecular weight excluding hydrogens is 391 g/mol. The lowest BCUT2D eigenvalue weighted by Gasteiger charge is -2.16. The summed E-state index contributed by atoms with van der Waals surface area (Å²) in [5.41, 5.74) is 0.500. The van der Waals surface area contributed by atoms with E-state index in [2.05, 4.69) is 15.0 Å². The van der Waals surface area contributed by atoms with E-state index in [0.29, 0.717) is 13.0 Å². The van der Waals surface area contributed by atoms with Crippen molar-refractivity contribution in [3.63, 3.8) is 0 Å². The molecule has 156 valence electrons. The standard InChI is InChI=1S/C19H20F3N3O4/c1-3-4-9-23-18(27)25(12-26)14-6-8-17(24-11-14)28-15-7-5-13(2)16(10-15)29-19(20,21)22/h5-8,10-12H,3-4,9H2,1-2H3,(H,23,27).